The van der Waals surface area contributed by atoms with Crippen molar-refractivity contribution < 1.29 is 4.74 Å². The number of aryl methyl sites for hydroxylation is 1. The number of nitrogens with zero attached hydrogens (tertiary/aromatic N) is 1. The van der Waals surface area contributed by atoms with Gasteiger partial charge in [0.15, 0.2) is 5.90 Å². The molecule has 1 aliphatic heterocycles. The van der Waals surface area contributed by atoms with Crippen molar-refractivity contribution >= 4 is 5.90 Å². The topological polar surface area (TPSA) is 21.6 Å². The molecule has 22 heavy (non-hydrogen) atoms. The molecule has 0 unspecified atom stereocenters. The van der Waals surface area contributed by atoms with Crippen LogP contribution < -0.4 is 0 Å². The molecule has 0 radical (unpaired) electrons. The van der Waals surface area contributed by atoms with Crippen LogP contribution in [0.1, 0.15) is 70.4 Å². The van der Waals surface area contributed by atoms with E-state index >= 15 is 0 Å². The van der Waals surface area contributed by atoms with Crippen molar-refractivity contribution in [2.24, 2.45) is 4.99 Å². The zero-order valence-electron chi connectivity index (χ0n) is 14.3. The molecule has 0 amide bonds. The largest absolute Gasteiger partial charge is 0.478 e. The molecule has 0 spiro atoms. The fourth-order valence-electron chi connectivity index (χ4n) is 3.98. The van der Waals surface area contributed by atoms with Gasteiger partial charge in [0.2, 0.25) is 0 Å². The fourth-order valence-corrected chi connectivity index (χ4v) is 3.98. The third kappa shape index (κ3) is 2.80. The Kier molecular flexibility index (Phi) is 4.29. The highest BCUT2D eigenvalue weighted by atomic mass is 16.5. The minimum absolute atomic E-state index is 0.0398. The molecule has 1 fully saturated rings. The third-order valence-electron chi connectivity index (χ3n) is 5.17. The van der Waals surface area contributed by atoms with Gasteiger partial charge in [-0.2, -0.15) is 0 Å². The van der Waals surface area contributed by atoms with Gasteiger partial charge in [-0.15, -0.1) is 0 Å². The molecule has 120 valence electrons. The zero-order valence-corrected chi connectivity index (χ0v) is 14.3. The summed E-state index contributed by atoms with van der Waals surface area (Å²) in [5, 5.41) is 0. The highest BCUT2D eigenvalue weighted by Gasteiger charge is 2.46. The van der Waals surface area contributed by atoms with E-state index in [1.54, 1.807) is 0 Å². The summed E-state index contributed by atoms with van der Waals surface area (Å²) in [6, 6.07) is 9.00. The second-order valence-corrected chi connectivity index (χ2v) is 7.57. The van der Waals surface area contributed by atoms with Gasteiger partial charge in [-0.25, -0.2) is 4.99 Å². The van der Waals surface area contributed by atoms with Gasteiger partial charge in [-0.3, -0.25) is 0 Å². The van der Waals surface area contributed by atoms with Gasteiger partial charge in [0, 0.05) is 0 Å². The number of ether oxygens (including phenoxy) is 1. The van der Waals surface area contributed by atoms with Crippen LogP contribution in [0, 0.1) is 0 Å². The Morgan fingerprint density at radius 2 is 1.86 bits per heavy atom. The Hall–Kier alpha value is -1.31. The molecule has 3 rings (SSSR count). The van der Waals surface area contributed by atoms with Crippen LogP contribution in [-0.4, -0.2) is 18.0 Å². The maximum absolute atomic E-state index is 6.12. The van der Waals surface area contributed by atoms with Crippen LogP contribution in [0.25, 0.3) is 0 Å². The molecule has 0 N–H and O–H groups in total. The summed E-state index contributed by atoms with van der Waals surface area (Å²) in [6.07, 6.45) is 8.61. The minimum atomic E-state index is -0.0662. The molecule has 0 aromatic heterocycles. The van der Waals surface area contributed by atoms with Crippen molar-refractivity contribution in [3.8, 4) is 0 Å². The van der Waals surface area contributed by atoms with E-state index in [1.165, 1.54) is 56.1 Å². The Morgan fingerprint density at radius 1 is 1.14 bits per heavy atom. The van der Waals surface area contributed by atoms with Gasteiger partial charge in [-0.05, 0) is 50.7 Å². The Labute approximate surface area is 135 Å². The van der Waals surface area contributed by atoms with Crippen molar-refractivity contribution in [3.63, 3.8) is 0 Å². The lowest BCUT2D eigenvalue weighted by Gasteiger charge is -2.31. The Balaban J connectivity index is 2.02. The molecule has 2 aliphatic rings. The first-order valence-electron chi connectivity index (χ1n) is 8.89. The van der Waals surface area contributed by atoms with Crippen LogP contribution in [-0.2, 0) is 16.6 Å². The van der Waals surface area contributed by atoms with Gasteiger partial charge < -0.3 is 4.74 Å². The number of hydrogen-bond acceptors (Lipinski definition) is 2. The zero-order chi connectivity index (χ0) is 15.6. The standard InChI is InChI=1S/C20H29NO/c1-4-5-10-16-11-6-7-12-17(16)20(13-8-9-14-20)18-21-19(2,3)15-22-18/h6-7,11-12H,4-5,8-10,13-15H2,1-3H3. The SMILES string of the molecule is CCCCc1ccccc1C1(C2=NC(C)(C)CO2)CCCC1. The lowest BCUT2D eigenvalue weighted by atomic mass is 9.75. The number of benzene rings is 1. The summed E-state index contributed by atoms with van der Waals surface area (Å²) in [7, 11) is 0. The maximum Gasteiger partial charge on any atom is 0.194 e. The minimum Gasteiger partial charge on any atom is -0.478 e. The van der Waals surface area contributed by atoms with Crippen LogP contribution >= 0.6 is 0 Å². The van der Waals surface area contributed by atoms with Gasteiger partial charge in [0.25, 0.3) is 0 Å². The van der Waals surface area contributed by atoms with Crippen molar-refractivity contribution in [2.45, 2.75) is 76.7 Å². The highest BCUT2D eigenvalue weighted by Crippen LogP contribution is 2.46. The first-order valence-corrected chi connectivity index (χ1v) is 8.89. The smallest absolute Gasteiger partial charge is 0.194 e. The molecule has 0 saturated heterocycles. The van der Waals surface area contributed by atoms with Gasteiger partial charge >= 0.3 is 0 Å². The lowest BCUT2D eigenvalue weighted by molar-refractivity contribution is 0.258. The van der Waals surface area contributed by atoms with Crippen molar-refractivity contribution in [3.05, 3.63) is 35.4 Å². The Bertz CT molecular complexity index is 553. The molecule has 1 aromatic carbocycles. The van der Waals surface area contributed by atoms with E-state index in [0.29, 0.717) is 0 Å². The number of aliphatic imine (C=N–C) groups is 1. The first-order chi connectivity index (χ1) is 10.6. The second-order valence-electron chi connectivity index (χ2n) is 7.57. The molecule has 0 atom stereocenters. The molecule has 1 saturated carbocycles. The molecular formula is C20H29NO. The number of unbranched alkanes of at least 4 members (excludes halogenated alkanes) is 1. The summed E-state index contributed by atoms with van der Waals surface area (Å²) >= 11 is 0. The monoisotopic (exact) mass is 299 g/mol. The highest BCUT2D eigenvalue weighted by molar-refractivity contribution is 5.90. The fraction of sp³-hybridized carbons (Fsp3) is 0.650. The van der Waals surface area contributed by atoms with Crippen molar-refractivity contribution in [1.82, 2.24) is 0 Å². The van der Waals surface area contributed by atoms with Crippen LogP contribution in [0.2, 0.25) is 0 Å². The number of hydrogen-bond donors (Lipinski definition) is 0. The van der Waals surface area contributed by atoms with E-state index in [4.69, 9.17) is 9.73 Å². The maximum atomic E-state index is 6.12. The molecule has 1 heterocycles. The molecule has 2 heteroatoms. The summed E-state index contributed by atoms with van der Waals surface area (Å²) in [5.74, 6) is 1.01. The van der Waals surface area contributed by atoms with Crippen LogP contribution in [0.15, 0.2) is 29.3 Å². The van der Waals surface area contributed by atoms with E-state index in [-0.39, 0.29) is 11.0 Å². The summed E-state index contributed by atoms with van der Waals surface area (Å²) in [5.41, 5.74) is 2.96. The third-order valence-corrected chi connectivity index (χ3v) is 5.17. The normalized spacial score (nSPS) is 22.4. The summed E-state index contributed by atoms with van der Waals surface area (Å²) in [6.45, 7) is 7.33. The Morgan fingerprint density at radius 3 is 2.50 bits per heavy atom. The molecule has 1 aliphatic carbocycles. The van der Waals surface area contributed by atoms with Gasteiger partial charge in [0.1, 0.15) is 6.61 Å². The van der Waals surface area contributed by atoms with Gasteiger partial charge in [-0.1, -0.05) is 50.5 Å². The summed E-state index contributed by atoms with van der Waals surface area (Å²) < 4.78 is 6.12. The van der Waals surface area contributed by atoms with Crippen LogP contribution in [0.5, 0.6) is 0 Å². The average Bonchev–Trinajstić information content (AvgIpc) is 3.13. The van der Waals surface area contributed by atoms with E-state index in [9.17, 15) is 0 Å². The molecule has 0 bridgehead atoms. The number of rotatable bonds is 5. The quantitative estimate of drug-likeness (QED) is 0.745. The lowest BCUT2D eigenvalue weighted by Crippen LogP contribution is -2.34. The van der Waals surface area contributed by atoms with Crippen LogP contribution in [0.4, 0.5) is 0 Å². The van der Waals surface area contributed by atoms with Gasteiger partial charge in [0.05, 0.1) is 11.0 Å². The van der Waals surface area contributed by atoms with E-state index in [1.807, 2.05) is 0 Å². The van der Waals surface area contributed by atoms with Crippen molar-refractivity contribution in [2.75, 3.05) is 6.61 Å². The van der Waals surface area contributed by atoms with E-state index in [0.717, 1.165) is 12.5 Å². The molecular weight excluding hydrogens is 270 g/mol. The first kappa shape index (κ1) is 15.6. The molecule has 1 aromatic rings. The predicted octanol–water partition coefficient (Wildman–Crippen LogP) is 5.05. The average molecular weight is 299 g/mol. The van der Waals surface area contributed by atoms with Crippen LogP contribution in [0.3, 0.4) is 0 Å². The molecule has 2 nitrogen and oxygen atoms in total. The van der Waals surface area contributed by atoms with Crippen molar-refractivity contribution in [1.29, 1.82) is 0 Å². The second kappa shape index (κ2) is 6.06. The predicted molar refractivity (Wildman–Crippen MR) is 92.7 cm³/mol. The van der Waals surface area contributed by atoms with E-state index in [2.05, 4.69) is 45.0 Å². The van der Waals surface area contributed by atoms with E-state index < -0.39 is 0 Å². The summed E-state index contributed by atoms with van der Waals surface area (Å²) in [4.78, 5) is 4.97.